The predicted molar refractivity (Wildman–Crippen MR) is 60.9 cm³/mol. The van der Waals surface area contributed by atoms with Crippen LogP contribution in [0, 0.1) is 18.3 Å². The molecule has 0 bridgehead atoms. The zero-order valence-electron chi connectivity index (χ0n) is 8.83. The van der Waals surface area contributed by atoms with E-state index in [1.165, 1.54) is 0 Å². The average molecular weight is 235 g/mol. The van der Waals surface area contributed by atoms with E-state index in [9.17, 15) is 4.79 Å². The number of aromatic nitrogens is 2. The van der Waals surface area contributed by atoms with Gasteiger partial charge < -0.3 is 9.72 Å². The fourth-order valence-electron chi connectivity index (χ4n) is 1.38. The Hall–Kier alpha value is -1.87. The molecular weight excluding hydrogens is 226 g/mol. The monoisotopic (exact) mass is 235 g/mol. The molecule has 2 heterocycles. The third kappa shape index (κ3) is 1.55. The number of thiazole rings is 1. The van der Waals surface area contributed by atoms with Crippen molar-refractivity contribution in [2.45, 2.75) is 13.8 Å². The highest BCUT2D eigenvalue weighted by atomic mass is 32.1. The van der Waals surface area contributed by atoms with Gasteiger partial charge in [0.1, 0.15) is 16.3 Å². The molecule has 0 radical (unpaired) electrons. The second kappa shape index (κ2) is 3.94. The van der Waals surface area contributed by atoms with Gasteiger partial charge in [-0.3, -0.25) is 4.79 Å². The number of pyridine rings is 1. The molecule has 0 fully saturated rings. The van der Waals surface area contributed by atoms with Gasteiger partial charge in [0.2, 0.25) is 5.43 Å². The number of rotatable bonds is 2. The minimum absolute atomic E-state index is 0.138. The number of nitriles is 1. The maximum atomic E-state index is 11.9. The Bertz CT molecular complexity index is 636. The van der Waals surface area contributed by atoms with Gasteiger partial charge in [0, 0.05) is 5.69 Å². The number of H-pyrrole nitrogens is 1. The normalized spacial score (nSPS) is 10.3. The summed E-state index contributed by atoms with van der Waals surface area (Å²) >= 11 is 1.16. The first-order chi connectivity index (χ1) is 7.67. The SMILES string of the molecule is CCOc1nc2[nH]c(C)c(C#N)c(=O)c2s1. The van der Waals surface area contributed by atoms with Gasteiger partial charge in [-0.15, -0.1) is 0 Å². The van der Waals surface area contributed by atoms with Crippen molar-refractivity contribution in [3.8, 4) is 11.3 Å². The number of ether oxygens (including phenoxy) is 1. The highest BCUT2D eigenvalue weighted by Crippen LogP contribution is 2.24. The van der Waals surface area contributed by atoms with E-state index in [1.807, 2.05) is 13.0 Å². The highest BCUT2D eigenvalue weighted by Gasteiger charge is 2.13. The molecule has 0 unspecified atom stereocenters. The molecule has 0 spiro atoms. The summed E-state index contributed by atoms with van der Waals surface area (Å²) in [6, 6.07) is 1.89. The van der Waals surface area contributed by atoms with Crippen LogP contribution in [-0.4, -0.2) is 16.6 Å². The van der Waals surface area contributed by atoms with Crippen molar-refractivity contribution in [2.75, 3.05) is 6.61 Å². The number of fused-ring (bicyclic) bond motifs is 1. The number of hydrogen-bond donors (Lipinski definition) is 1. The van der Waals surface area contributed by atoms with E-state index in [0.29, 0.717) is 27.8 Å². The zero-order valence-corrected chi connectivity index (χ0v) is 9.64. The first-order valence-electron chi connectivity index (χ1n) is 4.73. The van der Waals surface area contributed by atoms with Crippen LogP contribution in [0.2, 0.25) is 0 Å². The van der Waals surface area contributed by atoms with Crippen LogP contribution in [0.15, 0.2) is 4.79 Å². The second-order valence-electron chi connectivity index (χ2n) is 3.16. The first kappa shape index (κ1) is 10.6. The zero-order chi connectivity index (χ0) is 11.7. The minimum atomic E-state index is -0.280. The van der Waals surface area contributed by atoms with Gasteiger partial charge in [-0.1, -0.05) is 11.3 Å². The smallest absolute Gasteiger partial charge is 0.275 e. The molecule has 0 saturated heterocycles. The van der Waals surface area contributed by atoms with E-state index < -0.39 is 0 Å². The van der Waals surface area contributed by atoms with Gasteiger partial charge in [-0.05, 0) is 13.8 Å². The standard InChI is InChI=1S/C10H9N3O2S/c1-3-15-10-13-9-8(16-10)7(14)6(4-11)5(2)12-9/h3H2,1-2H3,(H,12,14). The van der Waals surface area contributed by atoms with Gasteiger partial charge >= 0.3 is 0 Å². The van der Waals surface area contributed by atoms with Crippen LogP contribution in [0.1, 0.15) is 18.2 Å². The lowest BCUT2D eigenvalue weighted by atomic mass is 10.2. The molecule has 0 amide bonds. The Kier molecular flexibility index (Phi) is 2.62. The summed E-state index contributed by atoms with van der Waals surface area (Å²) in [6.07, 6.45) is 0. The van der Waals surface area contributed by atoms with E-state index >= 15 is 0 Å². The van der Waals surface area contributed by atoms with Crippen LogP contribution in [0.5, 0.6) is 5.19 Å². The van der Waals surface area contributed by atoms with E-state index in [-0.39, 0.29) is 11.0 Å². The molecule has 0 aromatic carbocycles. The van der Waals surface area contributed by atoms with E-state index in [1.54, 1.807) is 6.92 Å². The molecule has 82 valence electrons. The fourth-order valence-corrected chi connectivity index (χ4v) is 2.26. The van der Waals surface area contributed by atoms with Crippen molar-refractivity contribution < 1.29 is 4.74 Å². The van der Waals surface area contributed by atoms with Crippen LogP contribution in [0.3, 0.4) is 0 Å². The summed E-state index contributed by atoms with van der Waals surface area (Å²) in [5.41, 5.74) is 0.875. The van der Waals surface area contributed by atoms with Crippen LogP contribution in [0.4, 0.5) is 0 Å². The summed E-state index contributed by atoms with van der Waals surface area (Å²) in [5, 5.41) is 9.30. The van der Waals surface area contributed by atoms with Gasteiger partial charge in [-0.25, -0.2) is 0 Å². The average Bonchev–Trinajstić information content (AvgIpc) is 2.62. The van der Waals surface area contributed by atoms with Gasteiger partial charge in [0.15, 0.2) is 5.65 Å². The van der Waals surface area contributed by atoms with Crippen molar-refractivity contribution in [3.05, 3.63) is 21.5 Å². The topological polar surface area (TPSA) is 78.8 Å². The molecule has 2 aromatic heterocycles. The molecule has 5 nitrogen and oxygen atoms in total. The largest absolute Gasteiger partial charge is 0.470 e. The number of aryl methyl sites for hydroxylation is 1. The number of nitrogens with zero attached hydrogens (tertiary/aromatic N) is 2. The Morgan fingerprint density at radius 3 is 3.00 bits per heavy atom. The van der Waals surface area contributed by atoms with E-state index in [0.717, 1.165) is 11.3 Å². The third-order valence-corrected chi connectivity index (χ3v) is 3.07. The third-order valence-electron chi connectivity index (χ3n) is 2.10. The molecule has 2 rings (SSSR count). The summed E-state index contributed by atoms with van der Waals surface area (Å²) in [6.45, 7) is 4.02. The fraction of sp³-hybridized carbons (Fsp3) is 0.300. The van der Waals surface area contributed by atoms with Crippen molar-refractivity contribution in [2.24, 2.45) is 0 Å². The minimum Gasteiger partial charge on any atom is -0.470 e. The second-order valence-corrected chi connectivity index (χ2v) is 4.12. The molecule has 0 aliphatic heterocycles. The summed E-state index contributed by atoms with van der Waals surface area (Å²) in [7, 11) is 0. The quantitative estimate of drug-likeness (QED) is 0.856. The van der Waals surface area contributed by atoms with Crippen molar-refractivity contribution in [1.29, 1.82) is 5.26 Å². The first-order valence-corrected chi connectivity index (χ1v) is 5.55. The van der Waals surface area contributed by atoms with E-state index in [2.05, 4.69) is 9.97 Å². The molecule has 6 heteroatoms. The Morgan fingerprint density at radius 1 is 1.62 bits per heavy atom. The van der Waals surface area contributed by atoms with Crippen molar-refractivity contribution in [1.82, 2.24) is 9.97 Å². The van der Waals surface area contributed by atoms with Gasteiger partial charge in [-0.2, -0.15) is 10.2 Å². The Balaban J connectivity index is 2.75. The maximum absolute atomic E-state index is 11.9. The lowest BCUT2D eigenvalue weighted by Gasteiger charge is -1.95. The van der Waals surface area contributed by atoms with E-state index in [4.69, 9.17) is 10.00 Å². The Morgan fingerprint density at radius 2 is 2.38 bits per heavy atom. The van der Waals surface area contributed by atoms with Crippen molar-refractivity contribution in [3.63, 3.8) is 0 Å². The molecule has 0 atom stereocenters. The molecular formula is C10H9N3O2S. The van der Waals surface area contributed by atoms with Crippen LogP contribution in [0.25, 0.3) is 10.3 Å². The van der Waals surface area contributed by atoms with Crippen LogP contribution < -0.4 is 10.2 Å². The summed E-state index contributed by atoms with van der Waals surface area (Å²) in [5.74, 6) is 0. The molecule has 0 saturated carbocycles. The number of aromatic amines is 1. The molecule has 2 aromatic rings. The van der Waals surface area contributed by atoms with Crippen molar-refractivity contribution >= 4 is 21.7 Å². The predicted octanol–water partition coefficient (Wildman–Crippen LogP) is 1.56. The maximum Gasteiger partial charge on any atom is 0.275 e. The highest BCUT2D eigenvalue weighted by molar-refractivity contribution is 7.20. The lowest BCUT2D eigenvalue weighted by molar-refractivity contribution is 0.339. The number of hydrogen-bond acceptors (Lipinski definition) is 5. The van der Waals surface area contributed by atoms with Gasteiger partial charge in [0.05, 0.1) is 6.61 Å². The molecule has 0 aliphatic rings. The molecule has 16 heavy (non-hydrogen) atoms. The van der Waals surface area contributed by atoms with Crippen LogP contribution in [-0.2, 0) is 0 Å². The number of nitrogens with one attached hydrogen (secondary N) is 1. The van der Waals surface area contributed by atoms with Gasteiger partial charge in [0.25, 0.3) is 5.19 Å². The Labute approximate surface area is 95.3 Å². The molecule has 1 N–H and O–H groups in total. The summed E-state index contributed by atoms with van der Waals surface area (Å²) in [4.78, 5) is 18.9. The lowest BCUT2D eigenvalue weighted by Crippen LogP contribution is -2.08. The van der Waals surface area contributed by atoms with Crippen LogP contribution >= 0.6 is 11.3 Å². The molecule has 0 aliphatic carbocycles. The summed E-state index contributed by atoms with van der Waals surface area (Å²) < 4.78 is 5.66.